The van der Waals surface area contributed by atoms with Gasteiger partial charge in [0.05, 0.1) is 0 Å². The molecule has 1 saturated carbocycles. The van der Waals surface area contributed by atoms with Crippen LogP contribution in [0.2, 0.25) is 0 Å². The highest BCUT2D eigenvalue weighted by Gasteiger charge is 2.32. The summed E-state index contributed by atoms with van der Waals surface area (Å²) < 4.78 is 0. The second kappa shape index (κ2) is 9.13. The van der Waals surface area contributed by atoms with Gasteiger partial charge in [-0.3, -0.25) is 14.5 Å². The number of Topliss-reactive ketones (excluding diaryl/α,β-unsaturated/α-hetero) is 1. The van der Waals surface area contributed by atoms with Crippen molar-refractivity contribution in [3.8, 4) is 0 Å². The minimum absolute atomic E-state index is 0.162. The molecule has 0 unspecified atom stereocenters. The highest BCUT2D eigenvalue weighted by molar-refractivity contribution is 5.81. The van der Waals surface area contributed by atoms with Gasteiger partial charge in [0, 0.05) is 51.1 Å². The Bertz CT molecular complexity index is 446. The standard InChI is InChI=1S/C20H35N3O2/c1-17(24)18-5-7-19(8-6-18)20(25)23-15-13-22(14-16-23)12-11-21-9-3-2-4-10-21/h18-19H,2-16H2,1H3. The van der Waals surface area contributed by atoms with E-state index in [4.69, 9.17) is 0 Å². The number of likely N-dealkylation sites (tertiary alicyclic amines) is 1. The van der Waals surface area contributed by atoms with Gasteiger partial charge in [0.25, 0.3) is 0 Å². The van der Waals surface area contributed by atoms with Crippen molar-refractivity contribution in [2.45, 2.75) is 51.9 Å². The van der Waals surface area contributed by atoms with Crippen LogP contribution in [0.15, 0.2) is 0 Å². The summed E-state index contributed by atoms with van der Waals surface area (Å²) in [5, 5.41) is 0. The molecule has 0 N–H and O–H groups in total. The fourth-order valence-electron chi connectivity index (χ4n) is 4.66. The fraction of sp³-hybridized carbons (Fsp3) is 0.900. The number of piperazine rings is 1. The molecule has 25 heavy (non-hydrogen) atoms. The molecule has 2 aliphatic heterocycles. The third-order valence-corrected chi connectivity index (χ3v) is 6.52. The van der Waals surface area contributed by atoms with Crippen molar-refractivity contribution in [2.24, 2.45) is 11.8 Å². The normalized spacial score (nSPS) is 29.6. The van der Waals surface area contributed by atoms with E-state index in [9.17, 15) is 9.59 Å². The van der Waals surface area contributed by atoms with Crippen LogP contribution in [0, 0.1) is 11.8 Å². The Morgan fingerprint density at radius 2 is 1.24 bits per heavy atom. The first-order chi connectivity index (χ1) is 12.1. The lowest BCUT2D eigenvalue weighted by molar-refractivity contribution is -0.139. The average Bonchev–Trinajstić information content (AvgIpc) is 2.67. The Morgan fingerprint density at radius 3 is 1.80 bits per heavy atom. The summed E-state index contributed by atoms with van der Waals surface area (Å²) in [6.45, 7) is 10.3. The molecule has 1 aliphatic carbocycles. The van der Waals surface area contributed by atoms with Crippen LogP contribution < -0.4 is 0 Å². The number of carbonyl (C=O) groups is 2. The van der Waals surface area contributed by atoms with Crippen molar-refractivity contribution in [1.29, 1.82) is 0 Å². The van der Waals surface area contributed by atoms with Crippen molar-refractivity contribution in [1.82, 2.24) is 14.7 Å². The van der Waals surface area contributed by atoms with Crippen molar-refractivity contribution < 1.29 is 9.59 Å². The van der Waals surface area contributed by atoms with Crippen LogP contribution >= 0.6 is 0 Å². The summed E-state index contributed by atoms with van der Waals surface area (Å²) in [5.74, 6) is 1.01. The second-order valence-electron chi connectivity index (χ2n) is 8.23. The Hall–Kier alpha value is -0.940. The molecule has 5 nitrogen and oxygen atoms in total. The maximum Gasteiger partial charge on any atom is 0.225 e. The van der Waals surface area contributed by atoms with Gasteiger partial charge in [-0.2, -0.15) is 0 Å². The van der Waals surface area contributed by atoms with Gasteiger partial charge in [-0.25, -0.2) is 0 Å². The van der Waals surface area contributed by atoms with E-state index in [2.05, 4.69) is 14.7 Å². The summed E-state index contributed by atoms with van der Waals surface area (Å²) in [5.41, 5.74) is 0. The SMILES string of the molecule is CC(=O)C1CCC(C(=O)N2CCN(CCN3CCCCC3)CC2)CC1. The van der Waals surface area contributed by atoms with E-state index >= 15 is 0 Å². The first-order valence-electron chi connectivity index (χ1n) is 10.4. The molecule has 0 aromatic carbocycles. The van der Waals surface area contributed by atoms with Crippen LogP contribution in [0.4, 0.5) is 0 Å². The molecule has 0 spiro atoms. The molecule has 2 heterocycles. The molecule has 0 aromatic rings. The van der Waals surface area contributed by atoms with E-state index in [0.717, 1.165) is 58.4 Å². The van der Waals surface area contributed by atoms with Crippen LogP contribution in [-0.2, 0) is 9.59 Å². The van der Waals surface area contributed by atoms with Crippen LogP contribution in [0.1, 0.15) is 51.9 Å². The monoisotopic (exact) mass is 349 g/mol. The Labute approximate surface area is 152 Å². The lowest BCUT2D eigenvalue weighted by Crippen LogP contribution is -2.52. The van der Waals surface area contributed by atoms with E-state index in [1.54, 1.807) is 6.92 Å². The van der Waals surface area contributed by atoms with E-state index in [1.165, 1.54) is 38.9 Å². The molecule has 3 aliphatic rings. The molecule has 3 fully saturated rings. The van der Waals surface area contributed by atoms with E-state index in [0.29, 0.717) is 11.7 Å². The number of hydrogen-bond acceptors (Lipinski definition) is 4. The lowest BCUT2D eigenvalue weighted by atomic mass is 9.79. The number of amides is 1. The van der Waals surface area contributed by atoms with Crippen LogP contribution in [0.3, 0.4) is 0 Å². The van der Waals surface area contributed by atoms with Crippen molar-refractivity contribution in [3.05, 3.63) is 0 Å². The largest absolute Gasteiger partial charge is 0.340 e. The molecule has 5 heteroatoms. The quantitative estimate of drug-likeness (QED) is 0.762. The number of piperidine rings is 1. The molecule has 0 aromatic heterocycles. The van der Waals surface area contributed by atoms with E-state index < -0.39 is 0 Å². The minimum Gasteiger partial charge on any atom is -0.340 e. The zero-order valence-electron chi connectivity index (χ0n) is 15.9. The first-order valence-corrected chi connectivity index (χ1v) is 10.4. The summed E-state index contributed by atoms with van der Waals surface area (Å²) >= 11 is 0. The van der Waals surface area contributed by atoms with Gasteiger partial charge >= 0.3 is 0 Å². The smallest absolute Gasteiger partial charge is 0.225 e. The maximum atomic E-state index is 12.8. The number of ketones is 1. The molecule has 0 bridgehead atoms. The predicted octanol–water partition coefficient (Wildman–Crippen LogP) is 2.01. The number of hydrogen-bond donors (Lipinski definition) is 0. The highest BCUT2D eigenvalue weighted by atomic mass is 16.2. The molecule has 1 amide bonds. The zero-order valence-corrected chi connectivity index (χ0v) is 15.9. The van der Waals surface area contributed by atoms with Crippen molar-refractivity contribution in [3.63, 3.8) is 0 Å². The van der Waals surface area contributed by atoms with Gasteiger partial charge in [0.2, 0.25) is 5.91 Å². The van der Waals surface area contributed by atoms with Crippen LogP contribution in [0.25, 0.3) is 0 Å². The minimum atomic E-state index is 0.162. The van der Waals surface area contributed by atoms with Gasteiger partial charge in [0.15, 0.2) is 0 Å². The first kappa shape index (κ1) is 18.8. The summed E-state index contributed by atoms with van der Waals surface area (Å²) in [6.07, 6.45) is 7.72. The number of nitrogens with zero attached hydrogens (tertiary/aromatic N) is 3. The fourth-order valence-corrected chi connectivity index (χ4v) is 4.66. The molecule has 3 rings (SSSR count). The lowest BCUT2D eigenvalue weighted by Gasteiger charge is -2.38. The molecular formula is C20H35N3O2. The van der Waals surface area contributed by atoms with E-state index in [-0.39, 0.29) is 11.8 Å². The average molecular weight is 350 g/mol. The maximum absolute atomic E-state index is 12.8. The Balaban J connectivity index is 1.35. The van der Waals surface area contributed by atoms with Gasteiger partial charge in [-0.1, -0.05) is 6.42 Å². The molecule has 0 atom stereocenters. The molecular weight excluding hydrogens is 314 g/mol. The van der Waals surface area contributed by atoms with Gasteiger partial charge in [-0.05, 0) is 58.5 Å². The number of carbonyl (C=O) groups excluding carboxylic acids is 2. The van der Waals surface area contributed by atoms with Gasteiger partial charge in [-0.15, -0.1) is 0 Å². The molecule has 2 saturated heterocycles. The third kappa shape index (κ3) is 5.27. The summed E-state index contributed by atoms with van der Waals surface area (Å²) in [7, 11) is 0. The van der Waals surface area contributed by atoms with E-state index in [1.807, 2.05) is 0 Å². The Morgan fingerprint density at radius 1 is 0.720 bits per heavy atom. The van der Waals surface area contributed by atoms with Crippen molar-refractivity contribution in [2.75, 3.05) is 52.4 Å². The van der Waals surface area contributed by atoms with Crippen LogP contribution in [0.5, 0.6) is 0 Å². The van der Waals surface area contributed by atoms with Crippen LogP contribution in [-0.4, -0.2) is 78.7 Å². The predicted molar refractivity (Wildman–Crippen MR) is 99.4 cm³/mol. The summed E-state index contributed by atoms with van der Waals surface area (Å²) in [6, 6.07) is 0. The highest BCUT2D eigenvalue weighted by Crippen LogP contribution is 2.30. The van der Waals surface area contributed by atoms with Crippen molar-refractivity contribution >= 4 is 11.7 Å². The second-order valence-corrected chi connectivity index (χ2v) is 8.23. The number of rotatable bonds is 5. The van der Waals surface area contributed by atoms with Gasteiger partial charge < -0.3 is 9.80 Å². The topological polar surface area (TPSA) is 43.9 Å². The zero-order chi connectivity index (χ0) is 17.6. The third-order valence-electron chi connectivity index (χ3n) is 6.52. The molecule has 142 valence electrons. The van der Waals surface area contributed by atoms with Gasteiger partial charge in [0.1, 0.15) is 5.78 Å². The Kier molecular flexibility index (Phi) is 6.88. The molecule has 0 radical (unpaired) electrons. The summed E-state index contributed by atoms with van der Waals surface area (Å²) in [4.78, 5) is 31.4.